The number of ether oxygens (including phenoxy) is 1. The van der Waals surface area contributed by atoms with E-state index in [1.807, 2.05) is 13.0 Å². The minimum absolute atomic E-state index is 0. The molecule has 1 rings (SSSR count). The SMILES string of the molecule is CCOc1ccc(CNC(=NC)NCCSC)cc1F.I. The second kappa shape index (κ2) is 11.9. The summed E-state index contributed by atoms with van der Waals surface area (Å²) in [6.07, 6.45) is 2.06. The Morgan fingerprint density at radius 3 is 2.71 bits per heavy atom. The predicted octanol–water partition coefficient (Wildman–Crippen LogP) is 2.87. The Kier molecular flexibility index (Phi) is 11.5. The Balaban J connectivity index is 0.00000400. The van der Waals surface area contributed by atoms with Crippen LogP contribution in [0.5, 0.6) is 5.75 Å². The molecule has 0 unspecified atom stereocenters. The normalized spacial score (nSPS) is 10.8. The minimum atomic E-state index is -0.337. The number of thioether (sulfide) groups is 1. The maximum absolute atomic E-state index is 13.7. The lowest BCUT2D eigenvalue weighted by molar-refractivity contribution is 0.321. The maximum Gasteiger partial charge on any atom is 0.191 e. The molecule has 1 aromatic rings. The first-order valence-electron chi connectivity index (χ1n) is 6.56. The van der Waals surface area contributed by atoms with Gasteiger partial charge < -0.3 is 15.4 Å². The first kappa shape index (κ1) is 20.3. The van der Waals surface area contributed by atoms with Crippen molar-refractivity contribution in [1.29, 1.82) is 0 Å². The quantitative estimate of drug-likeness (QED) is 0.304. The summed E-state index contributed by atoms with van der Waals surface area (Å²) in [5, 5.41) is 6.33. The number of guanidine groups is 1. The van der Waals surface area contributed by atoms with E-state index < -0.39 is 0 Å². The number of halogens is 2. The van der Waals surface area contributed by atoms with Crippen molar-refractivity contribution in [2.24, 2.45) is 4.99 Å². The van der Waals surface area contributed by atoms with Crippen LogP contribution >= 0.6 is 35.7 Å². The van der Waals surface area contributed by atoms with Crippen LogP contribution in [0.4, 0.5) is 4.39 Å². The van der Waals surface area contributed by atoms with Crippen LogP contribution in [0.2, 0.25) is 0 Å². The van der Waals surface area contributed by atoms with Gasteiger partial charge in [0.05, 0.1) is 6.61 Å². The van der Waals surface area contributed by atoms with Crippen molar-refractivity contribution in [1.82, 2.24) is 10.6 Å². The molecule has 120 valence electrons. The smallest absolute Gasteiger partial charge is 0.191 e. The maximum atomic E-state index is 13.7. The number of nitrogens with zero attached hydrogens (tertiary/aromatic N) is 1. The van der Waals surface area contributed by atoms with Crippen LogP contribution in [0.1, 0.15) is 12.5 Å². The molecule has 0 saturated heterocycles. The van der Waals surface area contributed by atoms with Gasteiger partial charge in [-0.1, -0.05) is 6.07 Å². The topological polar surface area (TPSA) is 45.6 Å². The molecule has 0 heterocycles. The molecule has 0 aliphatic carbocycles. The van der Waals surface area contributed by atoms with Crippen molar-refractivity contribution in [2.45, 2.75) is 13.5 Å². The van der Waals surface area contributed by atoms with Crippen LogP contribution in [0.3, 0.4) is 0 Å². The van der Waals surface area contributed by atoms with Gasteiger partial charge in [0.1, 0.15) is 0 Å². The van der Waals surface area contributed by atoms with Crippen molar-refractivity contribution in [2.75, 3.05) is 32.2 Å². The van der Waals surface area contributed by atoms with Crippen LogP contribution in [-0.2, 0) is 6.54 Å². The molecule has 0 amide bonds. The molecule has 0 aromatic heterocycles. The van der Waals surface area contributed by atoms with Crippen LogP contribution in [0.15, 0.2) is 23.2 Å². The Hall–Kier alpha value is -0.700. The molecular weight excluding hydrogens is 404 g/mol. The van der Waals surface area contributed by atoms with E-state index in [0.717, 1.165) is 17.9 Å². The highest BCUT2D eigenvalue weighted by atomic mass is 127. The van der Waals surface area contributed by atoms with Crippen molar-refractivity contribution in [3.8, 4) is 5.75 Å². The summed E-state index contributed by atoms with van der Waals surface area (Å²) in [5.41, 5.74) is 0.846. The summed E-state index contributed by atoms with van der Waals surface area (Å²) in [6, 6.07) is 4.98. The molecule has 0 saturated carbocycles. The van der Waals surface area contributed by atoms with Crippen LogP contribution in [0.25, 0.3) is 0 Å². The van der Waals surface area contributed by atoms with Gasteiger partial charge >= 0.3 is 0 Å². The summed E-state index contributed by atoms with van der Waals surface area (Å²) in [7, 11) is 1.72. The van der Waals surface area contributed by atoms with Gasteiger partial charge in [-0.2, -0.15) is 11.8 Å². The van der Waals surface area contributed by atoms with Gasteiger partial charge in [-0.15, -0.1) is 24.0 Å². The average Bonchev–Trinajstić information content (AvgIpc) is 2.45. The molecule has 4 nitrogen and oxygen atoms in total. The molecule has 21 heavy (non-hydrogen) atoms. The monoisotopic (exact) mass is 427 g/mol. The lowest BCUT2D eigenvalue weighted by atomic mass is 10.2. The molecule has 7 heteroatoms. The Labute approximate surface area is 147 Å². The molecule has 0 atom stereocenters. The van der Waals surface area contributed by atoms with Crippen molar-refractivity contribution in [3.63, 3.8) is 0 Å². The van der Waals surface area contributed by atoms with E-state index in [2.05, 4.69) is 21.9 Å². The van der Waals surface area contributed by atoms with Gasteiger partial charge in [0.2, 0.25) is 0 Å². The third-order valence-corrected chi connectivity index (χ3v) is 3.19. The third-order valence-electron chi connectivity index (χ3n) is 2.58. The van der Waals surface area contributed by atoms with E-state index in [9.17, 15) is 4.39 Å². The van der Waals surface area contributed by atoms with E-state index in [1.165, 1.54) is 6.07 Å². The summed E-state index contributed by atoms with van der Waals surface area (Å²) in [6.45, 7) is 3.65. The fourth-order valence-electron chi connectivity index (χ4n) is 1.60. The summed E-state index contributed by atoms with van der Waals surface area (Å²) in [4.78, 5) is 4.11. The molecule has 0 aliphatic rings. The Morgan fingerprint density at radius 1 is 1.38 bits per heavy atom. The largest absolute Gasteiger partial charge is 0.491 e. The number of hydrogen-bond donors (Lipinski definition) is 2. The van der Waals surface area contributed by atoms with Crippen LogP contribution < -0.4 is 15.4 Å². The third kappa shape index (κ3) is 7.75. The predicted molar refractivity (Wildman–Crippen MR) is 99.6 cm³/mol. The standard InChI is InChI=1S/C14H22FN3OS.HI/c1-4-19-13-6-5-11(9-12(13)15)10-18-14(16-2)17-7-8-20-3;/h5-6,9H,4,7-8,10H2,1-3H3,(H2,16,17,18);1H. The van der Waals surface area contributed by atoms with Crippen molar-refractivity contribution in [3.05, 3.63) is 29.6 Å². The summed E-state index contributed by atoms with van der Waals surface area (Å²) in [5.74, 6) is 1.68. The molecule has 2 N–H and O–H groups in total. The fourth-order valence-corrected chi connectivity index (χ4v) is 1.91. The Bertz CT molecular complexity index is 446. The zero-order chi connectivity index (χ0) is 14.8. The molecule has 0 spiro atoms. The molecule has 0 aliphatic heterocycles. The number of nitrogens with one attached hydrogen (secondary N) is 2. The second-order valence-corrected chi connectivity index (χ2v) is 5.03. The molecule has 0 fully saturated rings. The van der Waals surface area contributed by atoms with E-state index in [-0.39, 0.29) is 29.8 Å². The van der Waals surface area contributed by atoms with E-state index in [4.69, 9.17) is 4.74 Å². The summed E-state index contributed by atoms with van der Waals surface area (Å²) >= 11 is 1.77. The van der Waals surface area contributed by atoms with Gasteiger partial charge in [0, 0.05) is 25.9 Å². The van der Waals surface area contributed by atoms with E-state index >= 15 is 0 Å². The molecule has 0 radical (unpaired) electrons. The highest BCUT2D eigenvalue weighted by molar-refractivity contribution is 14.0. The first-order valence-corrected chi connectivity index (χ1v) is 7.95. The van der Waals surface area contributed by atoms with Gasteiger partial charge in [0.15, 0.2) is 17.5 Å². The zero-order valence-electron chi connectivity index (χ0n) is 12.6. The molecule has 0 bridgehead atoms. The van der Waals surface area contributed by atoms with Gasteiger partial charge in [0.25, 0.3) is 0 Å². The highest BCUT2D eigenvalue weighted by Crippen LogP contribution is 2.18. The second-order valence-electron chi connectivity index (χ2n) is 4.04. The summed E-state index contributed by atoms with van der Waals surface area (Å²) < 4.78 is 18.9. The first-order chi connectivity index (χ1) is 9.71. The van der Waals surface area contributed by atoms with Gasteiger partial charge in [-0.25, -0.2) is 4.39 Å². The minimum Gasteiger partial charge on any atom is -0.491 e. The lowest BCUT2D eigenvalue weighted by Crippen LogP contribution is -2.37. The number of benzene rings is 1. The lowest BCUT2D eigenvalue weighted by Gasteiger charge is -2.12. The number of hydrogen-bond acceptors (Lipinski definition) is 3. The number of aliphatic imine (C=N–C) groups is 1. The highest BCUT2D eigenvalue weighted by Gasteiger charge is 2.04. The van der Waals surface area contributed by atoms with E-state index in [1.54, 1.807) is 24.9 Å². The van der Waals surface area contributed by atoms with Crippen molar-refractivity contribution >= 4 is 41.7 Å². The fraction of sp³-hybridized carbons (Fsp3) is 0.500. The molecule has 1 aromatic carbocycles. The Morgan fingerprint density at radius 2 is 2.14 bits per heavy atom. The zero-order valence-corrected chi connectivity index (χ0v) is 15.8. The van der Waals surface area contributed by atoms with Crippen LogP contribution in [0, 0.1) is 5.82 Å². The average molecular weight is 427 g/mol. The van der Waals surface area contributed by atoms with Crippen LogP contribution in [-0.4, -0.2) is 38.2 Å². The van der Waals surface area contributed by atoms with E-state index in [0.29, 0.717) is 24.9 Å². The van der Waals surface area contributed by atoms with Gasteiger partial charge in [-0.3, -0.25) is 4.99 Å². The van der Waals surface area contributed by atoms with Crippen molar-refractivity contribution < 1.29 is 9.13 Å². The van der Waals surface area contributed by atoms with Gasteiger partial charge in [-0.05, 0) is 30.9 Å². The number of rotatable bonds is 7. The molecular formula is C14H23FIN3OS.